The maximum Gasteiger partial charge on any atom is 0.416 e. The summed E-state index contributed by atoms with van der Waals surface area (Å²) < 4.78 is 64.5. The lowest BCUT2D eigenvalue weighted by Crippen LogP contribution is -2.36. The summed E-state index contributed by atoms with van der Waals surface area (Å²) in [5, 5.41) is -0.319. The Bertz CT molecular complexity index is 1240. The van der Waals surface area contributed by atoms with E-state index in [2.05, 4.69) is 4.98 Å². The largest absolute Gasteiger partial charge is 0.416 e. The first-order chi connectivity index (χ1) is 12.5. The SMILES string of the molecule is CCS(=O)(=O)n1cccc1Cn1c(=O)[nH]c2ccc(C(F)(F)F)cc2c1=O. The van der Waals surface area contributed by atoms with E-state index in [1.54, 1.807) is 0 Å². The summed E-state index contributed by atoms with van der Waals surface area (Å²) in [5.41, 5.74) is -2.72. The number of benzene rings is 1. The van der Waals surface area contributed by atoms with Crippen LogP contribution in [-0.2, 0) is 22.7 Å². The van der Waals surface area contributed by atoms with E-state index in [0.717, 1.165) is 16.1 Å². The molecule has 2 aromatic heterocycles. The topological polar surface area (TPSA) is 93.9 Å². The van der Waals surface area contributed by atoms with Crippen molar-refractivity contribution in [3.63, 3.8) is 0 Å². The van der Waals surface area contributed by atoms with Crippen LogP contribution in [0.2, 0.25) is 0 Å². The van der Waals surface area contributed by atoms with Crippen molar-refractivity contribution >= 4 is 20.9 Å². The Balaban J connectivity index is 2.18. The summed E-state index contributed by atoms with van der Waals surface area (Å²) in [4.78, 5) is 27.2. The molecule has 11 heteroatoms. The maximum absolute atomic E-state index is 12.9. The van der Waals surface area contributed by atoms with Gasteiger partial charge in [-0.2, -0.15) is 13.2 Å². The molecule has 1 aromatic carbocycles. The third kappa shape index (κ3) is 3.42. The van der Waals surface area contributed by atoms with Gasteiger partial charge >= 0.3 is 11.9 Å². The molecule has 7 nitrogen and oxygen atoms in total. The van der Waals surface area contributed by atoms with Gasteiger partial charge in [-0.05, 0) is 37.3 Å². The van der Waals surface area contributed by atoms with E-state index in [1.165, 1.54) is 25.3 Å². The molecule has 0 unspecified atom stereocenters. The fraction of sp³-hybridized carbons (Fsp3) is 0.250. The highest BCUT2D eigenvalue weighted by molar-refractivity contribution is 7.89. The monoisotopic (exact) mass is 401 g/mol. The van der Waals surface area contributed by atoms with E-state index in [0.29, 0.717) is 10.6 Å². The number of nitrogens with one attached hydrogen (secondary N) is 1. The van der Waals surface area contributed by atoms with Gasteiger partial charge in [0.1, 0.15) is 0 Å². The summed E-state index contributed by atoms with van der Waals surface area (Å²) in [6.07, 6.45) is -3.37. The molecule has 0 spiro atoms. The van der Waals surface area contributed by atoms with Crippen LogP contribution in [0.4, 0.5) is 13.2 Å². The number of aromatic amines is 1. The first-order valence-electron chi connectivity index (χ1n) is 7.78. The Hall–Kier alpha value is -2.82. The highest BCUT2D eigenvalue weighted by atomic mass is 32.2. The van der Waals surface area contributed by atoms with Crippen molar-refractivity contribution in [3.8, 4) is 0 Å². The van der Waals surface area contributed by atoms with Gasteiger partial charge in [0, 0.05) is 6.20 Å². The molecule has 0 saturated heterocycles. The van der Waals surface area contributed by atoms with Gasteiger partial charge < -0.3 is 4.98 Å². The first kappa shape index (κ1) is 19.0. The van der Waals surface area contributed by atoms with Gasteiger partial charge in [-0.1, -0.05) is 0 Å². The molecule has 0 aliphatic heterocycles. The van der Waals surface area contributed by atoms with Crippen LogP contribution < -0.4 is 11.2 Å². The van der Waals surface area contributed by atoms with Crippen LogP contribution in [0.3, 0.4) is 0 Å². The molecule has 3 aromatic rings. The molecule has 0 bridgehead atoms. The van der Waals surface area contributed by atoms with E-state index in [-0.39, 0.29) is 22.3 Å². The highest BCUT2D eigenvalue weighted by Crippen LogP contribution is 2.30. The number of hydrogen-bond acceptors (Lipinski definition) is 4. The zero-order valence-electron chi connectivity index (χ0n) is 13.9. The highest BCUT2D eigenvalue weighted by Gasteiger charge is 2.31. The third-order valence-electron chi connectivity index (χ3n) is 4.09. The van der Waals surface area contributed by atoms with Crippen LogP contribution in [0.1, 0.15) is 18.2 Å². The minimum Gasteiger partial charge on any atom is -0.307 e. The quantitative estimate of drug-likeness (QED) is 0.721. The predicted octanol–water partition coefficient (Wildman–Crippen LogP) is 1.76. The fourth-order valence-electron chi connectivity index (χ4n) is 2.67. The van der Waals surface area contributed by atoms with Crippen LogP contribution in [0.25, 0.3) is 10.9 Å². The molecule has 2 heterocycles. The average molecular weight is 401 g/mol. The number of aromatic nitrogens is 3. The standard InChI is InChI=1S/C16H14F3N3O4S/c1-2-27(25,26)22-7-3-4-11(22)9-21-14(23)12-8-10(16(17,18)19)5-6-13(12)20-15(21)24/h3-8H,2,9H2,1H3,(H,20,24). The van der Waals surface area contributed by atoms with E-state index >= 15 is 0 Å². The van der Waals surface area contributed by atoms with E-state index < -0.39 is 39.6 Å². The molecular weight excluding hydrogens is 387 g/mol. The zero-order chi connectivity index (χ0) is 20.0. The number of nitrogens with zero attached hydrogens (tertiary/aromatic N) is 2. The Labute approximate surface area is 150 Å². The van der Waals surface area contributed by atoms with Crippen molar-refractivity contribution < 1.29 is 21.6 Å². The van der Waals surface area contributed by atoms with Crippen molar-refractivity contribution in [3.05, 3.63) is 68.6 Å². The van der Waals surface area contributed by atoms with Crippen LogP contribution in [-0.4, -0.2) is 27.7 Å². The predicted molar refractivity (Wildman–Crippen MR) is 92.2 cm³/mol. The summed E-state index contributed by atoms with van der Waals surface area (Å²) in [6, 6.07) is 5.28. The van der Waals surface area contributed by atoms with Crippen LogP contribution in [0, 0.1) is 0 Å². The summed E-state index contributed by atoms with van der Waals surface area (Å²) in [5.74, 6) is -0.202. The third-order valence-corrected chi connectivity index (χ3v) is 5.77. The fourth-order valence-corrected chi connectivity index (χ4v) is 3.68. The lowest BCUT2D eigenvalue weighted by atomic mass is 10.1. The Morgan fingerprint density at radius 3 is 2.48 bits per heavy atom. The lowest BCUT2D eigenvalue weighted by molar-refractivity contribution is -0.137. The van der Waals surface area contributed by atoms with Crippen LogP contribution in [0.5, 0.6) is 0 Å². The molecule has 0 fully saturated rings. The van der Waals surface area contributed by atoms with Crippen LogP contribution >= 0.6 is 0 Å². The second kappa shape index (κ2) is 6.41. The number of alkyl halides is 3. The van der Waals surface area contributed by atoms with Gasteiger partial charge in [-0.25, -0.2) is 17.2 Å². The number of H-pyrrole nitrogens is 1. The number of rotatable bonds is 4. The smallest absolute Gasteiger partial charge is 0.307 e. The molecule has 0 atom stereocenters. The number of fused-ring (bicyclic) bond motifs is 1. The van der Waals surface area contributed by atoms with Crippen LogP contribution in [0.15, 0.2) is 46.1 Å². The van der Waals surface area contributed by atoms with Gasteiger partial charge in [0.15, 0.2) is 0 Å². The van der Waals surface area contributed by atoms with Gasteiger partial charge in [-0.3, -0.25) is 9.36 Å². The van der Waals surface area contributed by atoms with E-state index in [1.807, 2.05) is 0 Å². The van der Waals surface area contributed by atoms with Gasteiger partial charge in [0.05, 0.1) is 34.5 Å². The van der Waals surface area contributed by atoms with Crippen molar-refractivity contribution in [2.45, 2.75) is 19.6 Å². The first-order valence-corrected chi connectivity index (χ1v) is 9.39. The second-order valence-electron chi connectivity index (χ2n) is 5.78. The zero-order valence-corrected chi connectivity index (χ0v) is 14.8. The lowest BCUT2D eigenvalue weighted by Gasteiger charge is -2.11. The van der Waals surface area contributed by atoms with Gasteiger partial charge in [0.2, 0.25) is 10.0 Å². The second-order valence-corrected chi connectivity index (χ2v) is 7.91. The Morgan fingerprint density at radius 1 is 1.15 bits per heavy atom. The Morgan fingerprint density at radius 2 is 1.85 bits per heavy atom. The summed E-state index contributed by atoms with van der Waals surface area (Å²) >= 11 is 0. The van der Waals surface area contributed by atoms with Crippen molar-refractivity contribution in [1.29, 1.82) is 0 Å². The Kier molecular flexibility index (Phi) is 4.50. The van der Waals surface area contributed by atoms with Gasteiger partial charge in [-0.15, -0.1) is 0 Å². The molecule has 0 aliphatic rings. The van der Waals surface area contributed by atoms with Crippen molar-refractivity contribution in [2.24, 2.45) is 0 Å². The van der Waals surface area contributed by atoms with Crippen molar-refractivity contribution in [1.82, 2.24) is 13.5 Å². The molecule has 0 saturated carbocycles. The van der Waals surface area contributed by atoms with E-state index in [9.17, 15) is 31.2 Å². The molecule has 0 radical (unpaired) electrons. The summed E-state index contributed by atoms with van der Waals surface area (Å²) in [7, 11) is -3.66. The maximum atomic E-state index is 12.9. The minimum atomic E-state index is -4.65. The number of hydrogen-bond donors (Lipinski definition) is 1. The molecule has 27 heavy (non-hydrogen) atoms. The molecule has 144 valence electrons. The molecule has 0 amide bonds. The van der Waals surface area contributed by atoms with Gasteiger partial charge in [0.25, 0.3) is 5.56 Å². The summed E-state index contributed by atoms with van der Waals surface area (Å²) in [6.45, 7) is 1.03. The van der Waals surface area contributed by atoms with Crippen molar-refractivity contribution in [2.75, 3.05) is 5.75 Å². The molecule has 1 N–H and O–H groups in total. The molecular formula is C16H14F3N3O4S. The molecule has 0 aliphatic carbocycles. The molecule has 3 rings (SSSR count). The number of halogens is 3. The van der Waals surface area contributed by atoms with E-state index in [4.69, 9.17) is 0 Å². The average Bonchev–Trinajstić information content (AvgIpc) is 3.06. The normalized spacial score (nSPS) is 12.6. The minimum absolute atomic E-state index is 0.0363.